The molecule has 0 radical (unpaired) electrons. The van der Waals surface area contributed by atoms with Gasteiger partial charge in [-0.2, -0.15) is 0 Å². The van der Waals surface area contributed by atoms with E-state index in [4.69, 9.17) is 14.2 Å². The van der Waals surface area contributed by atoms with Gasteiger partial charge in [-0.1, -0.05) is 24.3 Å². The molecule has 1 aliphatic heterocycles. The maximum Gasteiger partial charge on any atom is 0.261 e. The lowest BCUT2D eigenvalue weighted by atomic mass is 10.2. The van der Waals surface area contributed by atoms with Gasteiger partial charge in [0, 0.05) is 19.1 Å². The van der Waals surface area contributed by atoms with Crippen LogP contribution in [0.4, 0.5) is 4.39 Å². The van der Waals surface area contributed by atoms with Crippen molar-refractivity contribution in [3.05, 3.63) is 59.9 Å². The average Bonchev–Trinajstić information content (AvgIpc) is 2.96. The van der Waals surface area contributed by atoms with E-state index in [0.717, 1.165) is 5.56 Å². The van der Waals surface area contributed by atoms with Crippen molar-refractivity contribution in [2.45, 2.75) is 32.6 Å². The number of carbonyl (C=O) groups excluding carboxylic acids is 2. The number of rotatable bonds is 8. The Bertz CT molecular complexity index is 919. The summed E-state index contributed by atoms with van der Waals surface area (Å²) >= 11 is 0. The van der Waals surface area contributed by atoms with E-state index < -0.39 is 0 Å². The van der Waals surface area contributed by atoms with Crippen LogP contribution in [0.15, 0.2) is 48.5 Å². The summed E-state index contributed by atoms with van der Waals surface area (Å²) in [4.78, 5) is 28.9. The van der Waals surface area contributed by atoms with Crippen molar-refractivity contribution in [3.8, 4) is 11.5 Å². The normalized spacial score (nSPS) is 16.8. The molecule has 2 aromatic rings. The largest absolute Gasteiger partial charge is 0.493 e. The first-order chi connectivity index (χ1) is 15.4. The van der Waals surface area contributed by atoms with Crippen molar-refractivity contribution in [1.29, 1.82) is 0 Å². The number of nitrogens with zero attached hydrogens (tertiary/aromatic N) is 2. The van der Waals surface area contributed by atoms with Crippen molar-refractivity contribution in [1.82, 2.24) is 9.80 Å². The maximum absolute atomic E-state index is 13.2. The second-order valence-electron chi connectivity index (χ2n) is 7.91. The molecular formula is C24H29FN2O5. The summed E-state index contributed by atoms with van der Waals surface area (Å²) < 4.78 is 30.1. The molecule has 0 saturated carbocycles. The number of halogens is 1. The van der Waals surface area contributed by atoms with Gasteiger partial charge in [-0.3, -0.25) is 9.59 Å². The van der Waals surface area contributed by atoms with E-state index in [0.29, 0.717) is 18.0 Å². The highest BCUT2D eigenvalue weighted by molar-refractivity contribution is 5.86. The molecule has 0 aromatic heterocycles. The molecule has 1 fully saturated rings. The van der Waals surface area contributed by atoms with E-state index >= 15 is 0 Å². The molecule has 3 rings (SSSR count). The molecule has 7 nitrogen and oxygen atoms in total. The number of amides is 2. The Hall–Kier alpha value is -3.13. The van der Waals surface area contributed by atoms with E-state index in [1.807, 2.05) is 19.9 Å². The maximum atomic E-state index is 13.2. The van der Waals surface area contributed by atoms with Gasteiger partial charge in [0.25, 0.3) is 5.91 Å². The third-order valence-electron chi connectivity index (χ3n) is 5.27. The fourth-order valence-electron chi connectivity index (χ4n) is 3.50. The zero-order valence-electron chi connectivity index (χ0n) is 18.6. The van der Waals surface area contributed by atoms with E-state index in [2.05, 4.69) is 0 Å². The lowest BCUT2D eigenvalue weighted by Crippen LogP contribution is -2.43. The number of para-hydroxylation sites is 2. The minimum absolute atomic E-state index is 0.0284. The minimum Gasteiger partial charge on any atom is -0.493 e. The lowest BCUT2D eigenvalue weighted by Gasteiger charge is -2.27. The van der Waals surface area contributed by atoms with Crippen LogP contribution in [0.2, 0.25) is 0 Å². The zero-order valence-corrected chi connectivity index (χ0v) is 18.6. The Morgan fingerprint density at radius 2 is 1.78 bits per heavy atom. The summed E-state index contributed by atoms with van der Waals surface area (Å²) in [5, 5.41) is 0. The van der Waals surface area contributed by atoms with E-state index in [1.165, 1.54) is 24.1 Å². The summed E-state index contributed by atoms with van der Waals surface area (Å²) in [6.07, 6.45) is -0.385. The summed E-state index contributed by atoms with van der Waals surface area (Å²) in [6.45, 7) is 4.47. The molecule has 1 aliphatic rings. The smallest absolute Gasteiger partial charge is 0.261 e. The van der Waals surface area contributed by atoms with Gasteiger partial charge in [-0.25, -0.2) is 4.39 Å². The predicted octanol–water partition coefficient (Wildman–Crippen LogP) is 2.88. The third-order valence-corrected chi connectivity index (χ3v) is 5.27. The van der Waals surface area contributed by atoms with E-state index in [1.54, 1.807) is 35.2 Å². The van der Waals surface area contributed by atoms with Crippen molar-refractivity contribution in [2.24, 2.45) is 0 Å². The van der Waals surface area contributed by atoms with Gasteiger partial charge in [0.1, 0.15) is 5.82 Å². The highest BCUT2D eigenvalue weighted by Gasteiger charge is 2.32. The van der Waals surface area contributed by atoms with Crippen LogP contribution in [0.5, 0.6) is 11.5 Å². The molecule has 1 saturated heterocycles. The number of benzene rings is 2. The first kappa shape index (κ1) is 23.5. The summed E-state index contributed by atoms with van der Waals surface area (Å²) in [7, 11) is 1.53. The zero-order chi connectivity index (χ0) is 23.1. The molecule has 2 aromatic carbocycles. The van der Waals surface area contributed by atoms with Gasteiger partial charge in [-0.05, 0) is 43.7 Å². The van der Waals surface area contributed by atoms with Gasteiger partial charge in [0.15, 0.2) is 18.1 Å². The molecule has 0 aliphatic carbocycles. The monoisotopic (exact) mass is 444 g/mol. The summed E-state index contributed by atoms with van der Waals surface area (Å²) in [5.41, 5.74) is 0.815. The standard InChI is InChI=1S/C24H29FN2O5/c1-17(2)27-13-20(31-15-18-8-10-19(25)11-9-18)12-26(14-23(27)28)24(29)16-32-22-7-5-4-6-21(22)30-3/h4-11,17,20H,12-16H2,1-3H3. The van der Waals surface area contributed by atoms with E-state index in [9.17, 15) is 14.0 Å². The van der Waals surface area contributed by atoms with Crippen molar-refractivity contribution in [2.75, 3.05) is 33.4 Å². The SMILES string of the molecule is COc1ccccc1OCC(=O)N1CC(=O)N(C(C)C)CC(OCc2ccc(F)cc2)C1. The number of ether oxygens (including phenoxy) is 3. The van der Waals surface area contributed by atoms with Gasteiger partial charge >= 0.3 is 0 Å². The van der Waals surface area contributed by atoms with Crippen LogP contribution in [-0.4, -0.2) is 67.1 Å². The molecule has 8 heteroatoms. The van der Waals surface area contributed by atoms with Crippen LogP contribution in [0.1, 0.15) is 19.4 Å². The molecule has 32 heavy (non-hydrogen) atoms. The Kier molecular flexibility index (Phi) is 8.05. The Morgan fingerprint density at radius 3 is 2.44 bits per heavy atom. The summed E-state index contributed by atoms with van der Waals surface area (Å²) in [5.74, 6) is 0.214. The highest BCUT2D eigenvalue weighted by atomic mass is 19.1. The van der Waals surface area contributed by atoms with Crippen LogP contribution in [-0.2, 0) is 20.9 Å². The van der Waals surface area contributed by atoms with Gasteiger partial charge in [-0.15, -0.1) is 0 Å². The first-order valence-electron chi connectivity index (χ1n) is 10.6. The van der Waals surface area contributed by atoms with E-state index in [-0.39, 0.29) is 56.1 Å². The van der Waals surface area contributed by atoms with Gasteiger partial charge in [0.2, 0.25) is 5.91 Å². The number of hydrogen-bond donors (Lipinski definition) is 0. The second-order valence-corrected chi connectivity index (χ2v) is 7.91. The molecule has 172 valence electrons. The topological polar surface area (TPSA) is 68.3 Å². The average molecular weight is 445 g/mol. The Morgan fingerprint density at radius 1 is 1.09 bits per heavy atom. The summed E-state index contributed by atoms with van der Waals surface area (Å²) in [6, 6.07) is 13.1. The molecular weight excluding hydrogens is 415 g/mol. The molecule has 2 amide bonds. The van der Waals surface area contributed by atoms with Crippen molar-refractivity contribution < 1.29 is 28.2 Å². The van der Waals surface area contributed by atoms with Crippen LogP contribution < -0.4 is 9.47 Å². The second kappa shape index (κ2) is 10.9. The van der Waals surface area contributed by atoms with Gasteiger partial charge < -0.3 is 24.0 Å². The molecule has 1 atom stereocenters. The van der Waals surface area contributed by atoms with Crippen molar-refractivity contribution in [3.63, 3.8) is 0 Å². The van der Waals surface area contributed by atoms with Crippen LogP contribution >= 0.6 is 0 Å². The van der Waals surface area contributed by atoms with Crippen LogP contribution in [0.25, 0.3) is 0 Å². The quantitative estimate of drug-likeness (QED) is 0.626. The van der Waals surface area contributed by atoms with Crippen LogP contribution in [0.3, 0.4) is 0 Å². The predicted molar refractivity (Wildman–Crippen MR) is 117 cm³/mol. The Labute approximate surface area is 187 Å². The number of hydrogen-bond acceptors (Lipinski definition) is 5. The number of methoxy groups -OCH3 is 1. The molecule has 0 N–H and O–H groups in total. The molecule has 1 heterocycles. The molecule has 1 unspecified atom stereocenters. The third kappa shape index (κ3) is 6.20. The first-order valence-corrected chi connectivity index (χ1v) is 10.6. The van der Waals surface area contributed by atoms with Crippen LogP contribution in [0, 0.1) is 5.82 Å². The highest BCUT2D eigenvalue weighted by Crippen LogP contribution is 2.25. The molecule has 0 bridgehead atoms. The number of carbonyl (C=O) groups is 2. The Balaban J connectivity index is 1.67. The minimum atomic E-state index is -0.385. The fourth-order valence-corrected chi connectivity index (χ4v) is 3.50. The van der Waals surface area contributed by atoms with Crippen molar-refractivity contribution >= 4 is 11.8 Å². The van der Waals surface area contributed by atoms with Gasteiger partial charge in [0.05, 0.1) is 26.4 Å². The molecule has 0 spiro atoms. The fraction of sp³-hybridized carbons (Fsp3) is 0.417. The lowest BCUT2D eigenvalue weighted by molar-refractivity contribution is -0.140.